The highest BCUT2D eigenvalue weighted by molar-refractivity contribution is 7.99. The Morgan fingerprint density at radius 3 is 2.46 bits per heavy atom. The first-order valence-corrected chi connectivity index (χ1v) is 8.40. The third kappa shape index (κ3) is 5.28. The number of nitrogens with zero attached hydrogens (tertiary/aromatic N) is 1. The fraction of sp³-hybridized carbons (Fsp3) is 0.158. The number of para-hydroxylation sites is 1. The Morgan fingerprint density at radius 1 is 1.12 bits per heavy atom. The van der Waals surface area contributed by atoms with Crippen molar-refractivity contribution in [2.45, 2.75) is 16.7 Å². The lowest BCUT2D eigenvalue weighted by molar-refractivity contribution is -0.132. The minimum Gasteiger partial charge on any atom is -0.330 e. The smallest absolute Gasteiger partial charge is 0.244 e. The Bertz CT molecular complexity index is 716. The van der Waals surface area contributed by atoms with Crippen molar-refractivity contribution < 1.29 is 9.59 Å². The Morgan fingerprint density at radius 2 is 1.79 bits per heavy atom. The zero-order valence-corrected chi connectivity index (χ0v) is 14.4. The van der Waals surface area contributed by atoms with Crippen molar-refractivity contribution in [1.29, 1.82) is 0 Å². The molecule has 5 heteroatoms. The van der Waals surface area contributed by atoms with Crippen molar-refractivity contribution in [2.24, 2.45) is 0 Å². The van der Waals surface area contributed by atoms with E-state index in [2.05, 4.69) is 11.9 Å². The Labute approximate surface area is 146 Å². The summed E-state index contributed by atoms with van der Waals surface area (Å²) in [6.07, 6.45) is 1.61. The van der Waals surface area contributed by atoms with Crippen LogP contribution in [0.2, 0.25) is 0 Å². The highest BCUT2D eigenvalue weighted by Crippen LogP contribution is 2.33. The van der Waals surface area contributed by atoms with Gasteiger partial charge in [-0.05, 0) is 24.3 Å². The van der Waals surface area contributed by atoms with E-state index in [9.17, 15) is 9.59 Å². The van der Waals surface area contributed by atoms with E-state index < -0.39 is 0 Å². The first kappa shape index (κ1) is 17.8. The van der Waals surface area contributed by atoms with E-state index >= 15 is 0 Å². The van der Waals surface area contributed by atoms with Crippen LogP contribution < -0.4 is 5.32 Å². The lowest BCUT2D eigenvalue weighted by Crippen LogP contribution is -2.36. The molecule has 124 valence electrons. The molecular formula is C19H20N2O2S. The summed E-state index contributed by atoms with van der Waals surface area (Å²) < 4.78 is 0. The van der Waals surface area contributed by atoms with Crippen molar-refractivity contribution in [2.75, 3.05) is 18.4 Å². The van der Waals surface area contributed by atoms with Gasteiger partial charge >= 0.3 is 0 Å². The second kappa shape index (κ2) is 8.93. The van der Waals surface area contributed by atoms with Gasteiger partial charge < -0.3 is 10.2 Å². The summed E-state index contributed by atoms with van der Waals surface area (Å²) in [5, 5.41) is 2.89. The second-order valence-electron chi connectivity index (χ2n) is 5.15. The fourth-order valence-electron chi connectivity index (χ4n) is 2.10. The van der Waals surface area contributed by atoms with Gasteiger partial charge in [-0.15, -0.1) is 6.58 Å². The van der Waals surface area contributed by atoms with E-state index in [0.717, 1.165) is 15.5 Å². The van der Waals surface area contributed by atoms with Crippen molar-refractivity contribution in [1.82, 2.24) is 4.90 Å². The lowest BCUT2D eigenvalue weighted by Gasteiger charge is -2.19. The standard InChI is InChI=1S/C19H20N2O2S/c1-3-13-21(15(2)22)14-19(23)20-17-11-7-8-12-18(17)24-16-9-5-4-6-10-16/h3-12H,1,13-14H2,2H3,(H,20,23). The molecule has 0 radical (unpaired) electrons. The van der Waals surface area contributed by atoms with Gasteiger partial charge in [0.2, 0.25) is 11.8 Å². The zero-order valence-electron chi connectivity index (χ0n) is 13.6. The maximum Gasteiger partial charge on any atom is 0.244 e. The van der Waals surface area contributed by atoms with Gasteiger partial charge in [-0.2, -0.15) is 0 Å². The third-order valence-corrected chi connectivity index (χ3v) is 4.35. The first-order chi connectivity index (χ1) is 11.6. The molecule has 2 aromatic carbocycles. The van der Waals surface area contributed by atoms with Crippen LogP contribution in [-0.2, 0) is 9.59 Å². The number of rotatable bonds is 7. The minimum absolute atomic E-state index is 0.00565. The largest absolute Gasteiger partial charge is 0.330 e. The maximum absolute atomic E-state index is 12.3. The monoisotopic (exact) mass is 340 g/mol. The van der Waals surface area contributed by atoms with Crippen molar-refractivity contribution in [3.8, 4) is 0 Å². The van der Waals surface area contributed by atoms with Crippen LogP contribution >= 0.6 is 11.8 Å². The SMILES string of the molecule is C=CCN(CC(=O)Nc1ccccc1Sc1ccccc1)C(C)=O. The van der Waals surface area contributed by atoms with Crippen LogP contribution in [0.15, 0.2) is 77.0 Å². The highest BCUT2D eigenvalue weighted by atomic mass is 32.2. The molecule has 0 fully saturated rings. The van der Waals surface area contributed by atoms with Crippen LogP contribution in [0.3, 0.4) is 0 Å². The predicted octanol–water partition coefficient (Wildman–Crippen LogP) is 3.81. The molecule has 2 amide bonds. The van der Waals surface area contributed by atoms with E-state index in [0.29, 0.717) is 6.54 Å². The first-order valence-electron chi connectivity index (χ1n) is 7.58. The summed E-state index contributed by atoms with van der Waals surface area (Å²) in [6.45, 7) is 5.40. The molecule has 2 aromatic rings. The fourth-order valence-corrected chi connectivity index (χ4v) is 3.02. The molecule has 4 nitrogen and oxygen atoms in total. The van der Waals surface area contributed by atoms with Crippen LogP contribution in [0.25, 0.3) is 0 Å². The number of benzene rings is 2. The van der Waals surface area contributed by atoms with Crippen molar-refractivity contribution in [3.05, 3.63) is 67.3 Å². The Balaban J connectivity index is 2.08. The number of carbonyl (C=O) groups is 2. The number of anilines is 1. The normalized spacial score (nSPS) is 10.0. The number of nitrogens with one attached hydrogen (secondary N) is 1. The van der Waals surface area contributed by atoms with Crippen LogP contribution in [0, 0.1) is 0 Å². The zero-order chi connectivity index (χ0) is 17.4. The molecule has 0 aliphatic carbocycles. The van der Waals surface area contributed by atoms with Gasteiger partial charge in [0.1, 0.15) is 6.54 Å². The van der Waals surface area contributed by atoms with Crippen LogP contribution in [0.5, 0.6) is 0 Å². The summed E-state index contributed by atoms with van der Waals surface area (Å²) in [5.74, 6) is -0.384. The molecule has 24 heavy (non-hydrogen) atoms. The summed E-state index contributed by atoms with van der Waals surface area (Å²) in [5.41, 5.74) is 0.735. The second-order valence-corrected chi connectivity index (χ2v) is 6.26. The average Bonchev–Trinajstić information content (AvgIpc) is 2.57. The summed E-state index contributed by atoms with van der Waals surface area (Å²) >= 11 is 1.58. The molecule has 0 bridgehead atoms. The minimum atomic E-state index is -0.229. The molecule has 0 unspecified atom stereocenters. The molecule has 0 spiro atoms. The molecule has 0 aliphatic rings. The van der Waals surface area contributed by atoms with Gasteiger partial charge in [0.15, 0.2) is 0 Å². The van der Waals surface area contributed by atoms with Crippen molar-refractivity contribution in [3.63, 3.8) is 0 Å². The topological polar surface area (TPSA) is 49.4 Å². The molecule has 0 aliphatic heterocycles. The van der Waals surface area contributed by atoms with Crippen LogP contribution in [-0.4, -0.2) is 29.8 Å². The van der Waals surface area contributed by atoms with Gasteiger partial charge in [0, 0.05) is 23.3 Å². The molecule has 0 saturated carbocycles. The molecule has 0 heterocycles. The van der Waals surface area contributed by atoms with E-state index in [-0.39, 0.29) is 18.4 Å². The van der Waals surface area contributed by atoms with Gasteiger partial charge in [-0.1, -0.05) is 48.2 Å². The molecule has 2 rings (SSSR count). The van der Waals surface area contributed by atoms with Gasteiger partial charge in [0.05, 0.1) is 5.69 Å². The van der Waals surface area contributed by atoms with E-state index in [1.807, 2.05) is 54.6 Å². The number of amides is 2. The molecule has 0 atom stereocenters. The van der Waals surface area contributed by atoms with E-state index in [1.54, 1.807) is 17.8 Å². The summed E-state index contributed by atoms with van der Waals surface area (Å²) in [6, 6.07) is 17.6. The predicted molar refractivity (Wildman–Crippen MR) is 98.1 cm³/mol. The molecule has 0 saturated heterocycles. The maximum atomic E-state index is 12.3. The Hall–Kier alpha value is -2.53. The number of carbonyl (C=O) groups excluding carboxylic acids is 2. The van der Waals surface area contributed by atoms with Crippen LogP contribution in [0.1, 0.15) is 6.92 Å². The quantitative estimate of drug-likeness (QED) is 0.780. The van der Waals surface area contributed by atoms with E-state index in [4.69, 9.17) is 0 Å². The molecular weight excluding hydrogens is 320 g/mol. The number of hydrogen-bond donors (Lipinski definition) is 1. The summed E-state index contributed by atoms with van der Waals surface area (Å²) in [4.78, 5) is 27.3. The van der Waals surface area contributed by atoms with E-state index in [1.165, 1.54) is 11.8 Å². The van der Waals surface area contributed by atoms with Crippen molar-refractivity contribution >= 4 is 29.3 Å². The Kier molecular flexibility index (Phi) is 6.63. The average molecular weight is 340 g/mol. The summed E-state index contributed by atoms with van der Waals surface area (Å²) in [7, 11) is 0. The lowest BCUT2D eigenvalue weighted by atomic mass is 10.3. The number of hydrogen-bond acceptors (Lipinski definition) is 3. The van der Waals surface area contributed by atoms with Gasteiger partial charge in [0.25, 0.3) is 0 Å². The van der Waals surface area contributed by atoms with Gasteiger partial charge in [-0.3, -0.25) is 9.59 Å². The highest BCUT2D eigenvalue weighted by Gasteiger charge is 2.13. The molecule has 1 N–H and O–H groups in total. The van der Waals surface area contributed by atoms with Crippen LogP contribution in [0.4, 0.5) is 5.69 Å². The molecule has 0 aromatic heterocycles. The van der Waals surface area contributed by atoms with Gasteiger partial charge in [-0.25, -0.2) is 0 Å². The third-order valence-electron chi connectivity index (χ3n) is 3.26.